The molecule has 13 heavy (non-hydrogen) atoms. The van der Waals surface area contributed by atoms with Gasteiger partial charge < -0.3 is 11.5 Å². The number of nitrogens with two attached hydrogens (primary N) is 2. The van der Waals surface area contributed by atoms with Gasteiger partial charge in [-0.05, 0) is 12.1 Å². The number of rotatable bonds is 3. The summed E-state index contributed by atoms with van der Waals surface area (Å²) in [5.41, 5.74) is 10.5. The van der Waals surface area contributed by atoms with Gasteiger partial charge in [0.1, 0.15) is 11.6 Å². The molecule has 0 unspecified atom stereocenters. The summed E-state index contributed by atoms with van der Waals surface area (Å²) in [6.07, 6.45) is 0. The fourth-order valence-electron chi connectivity index (χ4n) is 0.878. The highest BCUT2D eigenvalue weighted by atomic mass is 32.2. The minimum Gasteiger partial charge on any atom is -0.399 e. The SMILES string of the molecule is NCCSc1c(F)cc(N)cc1F. The minimum atomic E-state index is -0.629. The van der Waals surface area contributed by atoms with Crippen LogP contribution in [-0.2, 0) is 0 Å². The fourth-order valence-corrected chi connectivity index (χ4v) is 1.59. The first kappa shape index (κ1) is 10.3. The number of hydrogen-bond donors (Lipinski definition) is 2. The zero-order valence-electron chi connectivity index (χ0n) is 6.89. The lowest BCUT2D eigenvalue weighted by Crippen LogP contribution is -2.02. The summed E-state index contributed by atoms with van der Waals surface area (Å²) in [6.45, 7) is 0.383. The molecule has 1 aromatic carbocycles. The Labute approximate surface area is 79.3 Å². The lowest BCUT2D eigenvalue weighted by atomic mass is 10.3. The molecule has 2 nitrogen and oxygen atoms in total. The van der Waals surface area contributed by atoms with Crippen molar-refractivity contribution in [3.63, 3.8) is 0 Å². The first-order chi connectivity index (χ1) is 6.15. The summed E-state index contributed by atoms with van der Waals surface area (Å²) < 4.78 is 26.1. The molecule has 0 heterocycles. The summed E-state index contributed by atoms with van der Waals surface area (Å²) in [4.78, 5) is -0.0142. The largest absolute Gasteiger partial charge is 0.399 e. The van der Waals surface area contributed by atoms with E-state index in [-0.39, 0.29) is 10.6 Å². The quantitative estimate of drug-likeness (QED) is 0.580. The third-order valence-electron chi connectivity index (χ3n) is 1.38. The molecule has 0 aliphatic heterocycles. The molecule has 0 bridgehead atoms. The molecule has 0 radical (unpaired) electrons. The van der Waals surface area contributed by atoms with Crippen molar-refractivity contribution in [2.24, 2.45) is 5.73 Å². The van der Waals surface area contributed by atoms with Gasteiger partial charge in [0.05, 0.1) is 4.90 Å². The van der Waals surface area contributed by atoms with Crippen molar-refractivity contribution in [1.29, 1.82) is 0 Å². The van der Waals surface area contributed by atoms with Crippen LogP contribution in [0.2, 0.25) is 0 Å². The van der Waals surface area contributed by atoms with Crippen molar-refractivity contribution in [2.75, 3.05) is 18.0 Å². The van der Waals surface area contributed by atoms with Crippen LogP contribution in [0.1, 0.15) is 0 Å². The van der Waals surface area contributed by atoms with Gasteiger partial charge in [-0.1, -0.05) is 0 Å². The van der Waals surface area contributed by atoms with E-state index in [0.717, 1.165) is 23.9 Å². The highest BCUT2D eigenvalue weighted by molar-refractivity contribution is 7.99. The minimum absolute atomic E-state index is 0.0142. The van der Waals surface area contributed by atoms with Crippen LogP contribution in [0, 0.1) is 11.6 Å². The highest BCUT2D eigenvalue weighted by Crippen LogP contribution is 2.26. The van der Waals surface area contributed by atoms with Crippen LogP contribution in [0.3, 0.4) is 0 Å². The van der Waals surface area contributed by atoms with Gasteiger partial charge in [-0.2, -0.15) is 0 Å². The Balaban J connectivity index is 2.92. The second-order valence-electron chi connectivity index (χ2n) is 2.45. The van der Waals surface area contributed by atoms with Crippen LogP contribution in [-0.4, -0.2) is 12.3 Å². The van der Waals surface area contributed by atoms with Crippen LogP contribution in [0.4, 0.5) is 14.5 Å². The molecule has 0 spiro atoms. The maximum absolute atomic E-state index is 13.1. The van der Waals surface area contributed by atoms with E-state index < -0.39 is 11.6 Å². The molecule has 0 aliphatic carbocycles. The van der Waals surface area contributed by atoms with Crippen molar-refractivity contribution in [1.82, 2.24) is 0 Å². The molecular formula is C8H10F2N2S. The van der Waals surface area contributed by atoms with Crippen LogP contribution in [0.5, 0.6) is 0 Å². The maximum Gasteiger partial charge on any atom is 0.141 e. The summed E-state index contributed by atoms with van der Waals surface area (Å²) in [5.74, 6) is -0.774. The summed E-state index contributed by atoms with van der Waals surface area (Å²) in [7, 11) is 0. The molecule has 0 amide bonds. The predicted octanol–water partition coefficient (Wildman–Crippen LogP) is 1.60. The molecule has 72 valence electrons. The maximum atomic E-state index is 13.1. The van der Waals surface area contributed by atoms with Crippen molar-refractivity contribution in [3.8, 4) is 0 Å². The molecular weight excluding hydrogens is 194 g/mol. The molecule has 0 atom stereocenters. The van der Waals surface area contributed by atoms with Crippen molar-refractivity contribution >= 4 is 17.4 Å². The average molecular weight is 204 g/mol. The van der Waals surface area contributed by atoms with Gasteiger partial charge in [-0.15, -0.1) is 11.8 Å². The Morgan fingerprint density at radius 2 is 1.77 bits per heavy atom. The topological polar surface area (TPSA) is 52.0 Å². The number of benzene rings is 1. The van der Waals surface area contributed by atoms with E-state index in [1.165, 1.54) is 0 Å². The van der Waals surface area contributed by atoms with Crippen LogP contribution >= 0.6 is 11.8 Å². The van der Waals surface area contributed by atoms with Crippen LogP contribution in [0.15, 0.2) is 17.0 Å². The third kappa shape index (κ3) is 2.57. The molecule has 0 aromatic heterocycles. The van der Waals surface area contributed by atoms with E-state index in [2.05, 4.69) is 0 Å². The van der Waals surface area contributed by atoms with Crippen molar-refractivity contribution < 1.29 is 8.78 Å². The predicted molar refractivity (Wildman–Crippen MR) is 50.5 cm³/mol. The van der Waals surface area contributed by atoms with E-state index in [1.54, 1.807) is 0 Å². The molecule has 1 aromatic rings. The second kappa shape index (κ2) is 4.43. The van der Waals surface area contributed by atoms with Gasteiger partial charge in [-0.3, -0.25) is 0 Å². The normalized spacial score (nSPS) is 10.4. The Bertz CT molecular complexity index is 281. The fraction of sp³-hybridized carbons (Fsp3) is 0.250. The van der Waals surface area contributed by atoms with Gasteiger partial charge in [-0.25, -0.2) is 8.78 Å². The lowest BCUT2D eigenvalue weighted by molar-refractivity contribution is 0.542. The Morgan fingerprint density at radius 3 is 2.23 bits per heavy atom. The van der Waals surface area contributed by atoms with Crippen LogP contribution < -0.4 is 11.5 Å². The van der Waals surface area contributed by atoms with E-state index in [1.807, 2.05) is 0 Å². The molecule has 0 aliphatic rings. The Morgan fingerprint density at radius 1 is 1.23 bits per heavy atom. The van der Waals surface area contributed by atoms with Gasteiger partial charge in [0, 0.05) is 18.0 Å². The Kier molecular flexibility index (Phi) is 3.50. The second-order valence-corrected chi connectivity index (χ2v) is 3.56. The van der Waals surface area contributed by atoms with E-state index >= 15 is 0 Å². The van der Waals surface area contributed by atoms with Crippen LogP contribution in [0.25, 0.3) is 0 Å². The molecule has 5 heteroatoms. The van der Waals surface area contributed by atoms with Gasteiger partial charge in [0.2, 0.25) is 0 Å². The first-order valence-electron chi connectivity index (χ1n) is 3.72. The molecule has 4 N–H and O–H groups in total. The standard InChI is InChI=1S/C8H10F2N2S/c9-6-3-5(12)4-7(10)8(6)13-2-1-11/h3-4H,1-2,11-12H2. The monoisotopic (exact) mass is 204 g/mol. The zero-order valence-corrected chi connectivity index (χ0v) is 7.70. The van der Waals surface area contributed by atoms with Crippen molar-refractivity contribution in [2.45, 2.75) is 4.90 Å². The zero-order chi connectivity index (χ0) is 9.84. The summed E-state index contributed by atoms with van der Waals surface area (Å²) in [6, 6.07) is 2.20. The Hall–Kier alpha value is -0.810. The van der Waals surface area contributed by atoms with E-state index in [9.17, 15) is 8.78 Å². The number of thioether (sulfide) groups is 1. The third-order valence-corrected chi connectivity index (χ3v) is 2.50. The van der Waals surface area contributed by atoms with Gasteiger partial charge in [0.25, 0.3) is 0 Å². The number of hydrogen-bond acceptors (Lipinski definition) is 3. The van der Waals surface area contributed by atoms with Gasteiger partial charge in [0.15, 0.2) is 0 Å². The average Bonchev–Trinajstić information content (AvgIpc) is 2.02. The summed E-state index contributed by atoms with van der Waals surface area (Å²) in [5, 5.41) is 0. The molecule has 0 saturated carbocycles. The number of nitrogen functional groups attached to an aromatic ring is 1. The first-order valence-corrected chi connectivity index (χ1v) is 4.71. The smallest absolute Gasteiger partial charge is 0.141 e. The van der Waals surface area contributed by atoms with E-state index in [0.29, 0.717) is 12.3 Å². The summed E-state index contributed by atoms with van der Waals surface area (Å²) >= 11 is 1.05. The van der Waals surface area contributed by atoms with E-state index in [4.69, 9.17) is 11.5 Å². The number of halogens is 2. The molecule has 0 fully saturated rings. The molecule has 0 saturated heterocycles. The highest BCUT2D eigenvalue weighted by Gasteiger charge is 2.09. The van der Waals surface area contributed by atoms with Crippen molar-refractivity contribution in [3.05, 3.63) is 23.8 Å². The number of anilines is 1. The lowest BCUT2D eigenvalue weighted by Gasteiger charge is -2.04. The molecule has 1 rings (SSSR count). The van der Waals surface area contributed by atoms with Gasteiger partial charge >= 0.3 is 0 Å².